The number of rotatable bonds is 3. The molecule has 0 fully saturated rings. The zero-order valence-corrected chi connectivity index (χ0v) is 15.6. The molecule has 4 rings (SSSR count). The molecule has 0 atom stereocenters. The lowest BCUT2D eigenvalue weighted by Gasteiger charge is -2.09. The largest absolute Gasteiger partial charge is 0.416 e. The Morgan fingerprint density at radius 2 is 1.03 bits per heavy atom. The average molecular weight is 390 g/mol. The van der Waals surface area contributed by atoms with E-state index in [1.807, 2.05) is 67.6 Å². The van der Waals surface area contributed by atoms with Crippen LogP contribution in [0.3, 0.4) is 0 Å². The Hall–Kier alpha value is -3.40. The summed E-state index contributed by atoms with van der Waals surface area (Å²) < 4.78 is 38.8. The van der Waals surface area contributed by atoms with Gasteiger partial charge in [-0.3, -0.25) is 4.79 Å². The summed E-state index contributed by atoms with van der Waals surface area (Å²) in [6.07, 6.45) is -4.41. The van der Waals surface area contributed by atoms with Crippen LogP contribution in [-0.4, -0.2) is 5.78 Å². The SMILES string of the molecule is CC1=C(c2ccc(C(F)(F)F)cc2)C(=O)C(c2ccccc2)=C1c1ccccc1. The highest BCUT2D eigenvalue weighted by atomic mass is 19.4. The first-order valence-corrected chi connectivity index (χ1v) is 9.16. The van der Waals surface area contributed by atoms with Gasteiger partial charge in [0.25, 0.3) is 0 Å². The Kier molecular flexibility index (Phi) is 4.71. The van der Waals surface area contributed by atoms with Crippen molar-refractivity contribution in [1.82, 2.24) is 0 Å². The molecule has 4 heteroatoms. The van der Waals surface area contributed by atoms with Crippen molar-refractivity contribution in [3.63, 3.8) is 0 Å². The molecule has 0 unspecified atom stereocenters. The zero-order valence-electron chi connectivity index (χ0n) is 15.6. The monoisotopic (exact) mass is 390 g/mol. The first kappa shape index (κ1) is 18.9. The second-order valence-corrected chi connectivity index (χ2v) is 6.89. The average Bonchev–Trinajstić information content (AvgIpc) is 2.99. The fourth-order valence-corrected chi connectivity index (χ4v) is 3.74. The summed E-state index contributed by atoms with van der Waals surface area (Å²) in [4.78, 5) is 13.4. The predicted molar refractivity (Wildman–Crippen MR) is 109 cm³/mol. The van der Waals surface area contributed by atoms with E-state index < -0.39 is 11.7 Å². The van der Waals surface area contributed by atoms with Crippen molar-refractivity contribution >= 4 is 22.5 Å². The van der Waals surface area contributed by atoms with E-state index in [0.29, 0.717) is 16.7 Å². The Balaban J connectivity index is 1.88. The predicted octanol–water partition coefficient (Wildman–Crippen LogP) is 6.67. The fraction of sp³-hybridized carbons (Fsp3) is 0.0800. The van der Waals surface area contributed by atoms with Gasteiger partial charge >= 0.3 is 6.18 Å². The molecule has 0 aliphatic heterocycles. The number of Topliss-reactive ketones (excluding diaryl/α,β-unsaturated/α-hetero) is 1. The molecule has 3 aromatic rings. The van der Waals surface area contributed by atoms with Gasteiger partial charge in [-0.1, -0.05) is 72.8 Å². The van der Waals surface area contributed by atoms with Crippen molar-refractivity contribution in [1.29, 1.82) is 0 Å². The van der Waals surface area contributed by atoms with Crippen LogP contribution in [-0.2, 0) is 11.0 Å². The maximum Gasteiger partial charge on any atom is 0.416 e. The molecule has 0 saturated carbocycles. The summed E-state index contributed by atoms with van der Waals surface area (Å²) in [5.74, 6) is -0.174. The molecule has 0 heterocycles. The molecule has 0 amide bonds. The minimum atomic E-state index is -4.41. The number of hydrogen-bond acceptors (Lipinski definition) is 1. The summed E-state index contributed by atoms with van der Waals surface area (Å²) in [5, 5.41) is 0. The van der Waals surface area contributed by atoms with Crippen LogP contribution >= 0.6 is 0 Å². The van der Waals surface area contributed by atoms with Crippen molar-refractivity contribution in [2.24, 2.45) is 0 Å². The topological polar surface area (TPSA) is 17.1 Å². The molecule has 0 spiro atoms. The number of benzene rings is 3. The summed E-state index contributed by atoms with van der Waals surface area (Å²) in [7, 11) is 0. The van der Waals surface area contributed by atoms with E-state index >= 15 is 0 Å². The third kappa shape index (κ3) is 3.42. The molecule has 29 heavy (non-hydrogen) atoms. The summed E-state index contributed by atoms with van der Waals surface area (Å²) in [6.45, 7) is 1.85. The van der Waals surface area contributed by atoms with E-state index in [0.717, 1.165) is 34.4 Å². The first-order valence-electron chi connectivity index (χ1n) is 9.16. The van der Waals surface area contributed by atoms with Gasteiger partial charge in [-0.2, -0.15) is 13.2 Å². The van der Waals surface area contributed by atoms with Crippen molar-refractivity contribution in [2.75, 3.05) is 0 Å². The number of ketones is 1. The molecule has 1 aliphatic carbocycles. The number of allylic oxidation sites excluding steroid dienone is 4. The molecular formula is C25H17F3O. The normalized spacial score (nSPS) is 14.7. The smallest absolute Gasteiger partial charge is 0.289 e. The van der Waals surface area contributed by atoms with Crippen LogP contribution in [0.1, 0.15) is 29.2 Å². The first-order chi connectivity index (χ1) is 13.9. The van der Waals surface area contributed by atoms with Gasteiger partial charge < -0.3 is 0 Å². The molecule has 0 aromatic heterocycles. The number of halogens is 3. The number of carbonyl (C=O) groups is 1. The molecule has 0 saturated heterocycles. The lowest BCUT2D eigenvalue weighted by atomic mass is 9.94. The molecule has 0 radical (unpaired) electrons. The van der Waals surface area contributed by atoms with Gasteiger partial charge in [0.05, 0.1) is 5.56 Å². The molecular weight excluding hydrogens is 373 g/mol. The highest BCUT2D eigenvalue weighted by molar-refractivity contribution is 6.52. The van der Waals surface area contributed by atoms with Crippen LogP contribution in [0, 0.1) is 0 Å². The number of carbonyl (C=O) groups excluding carboxylic acids is 1. The van der Waals surface area contributed by atoms with E-state index in [1.54, 1.807) is 0 Å². The summed E-state index contributed by atoms with van der Waals surface area (Å²) >= 11 is 0. The minimum Gasteiger partial charge on any atom is -0.289 e. The van der Waals surface area contributed by atoms with Crippen LogP contribution in [0.2, 0.25) is 0 Å². The van der Waals surface area contributed by atoms with Crippen molar-refractivity contribution in [3.05, 3.63) is 113 Å². The molecule has 0 bridgehead atoms. The third-order valence-corrected chi connectivity index (χ3v) is 5.08. The maximum atomic E-state index is 13.4. The van der Waals surface area contributed by atoms with Crippen LogP contribution in [0.15, 0.2) is 90.5 Å². The van der Waals surface area contributed by atoms with Crippen LogP contribution in [0.4, 0.5) is 13.2 Å². The van der Waals surface area contributed by atoms with Gasteiger partial charge in [0.2, 0.25) is 0 Å². The second-order valence-electron chi connectivity index (χ2n) is 6.89. The van der Waals surface area contributed by atoms with Gasteiger partial charge in [0.1, 0.15) is 0 Å². The highest BCUT2D eigenvalue weighted by Gasteiger charge is 2.34. The molecule has 144 valence electrons. The lowest BCUT2D eigenvalue weighted by molar-refractivity contribution is -0.137. The molecule has 1 nitrogen and oxygen atoms in total. The van der Waals surface area contributed by atoms with E-state index in [-0.39, 0.29) is 5.78 Å². The Labute approximate surface area is 166 Å². The maximum absolute atomic E-state index is 13.4. The molecule has 0 N–H and O–H groups in total. The van der Waals surface area contributed by atoms with Crippen molar-refractivity contribution in [2.45, 2.75) is 13.1 Å². The van der Waals surface area contributed by atoms with Crippen LogP contribution in [0.5, 0.6) is 0 Å². The summed E-state index contributed by atoms with van der Waals surface area (Å²) in [5.41, 5.74) is 4.04. The molecule has 1 aliphatic rings. The highest BCUT2D eigenvalue weighted by Crippen LogP contribution is 2.45. The third-order valence-electron chi connectivity index (χ3n) is 5.08. The number of hydrogen-bond donors (Lipinski definition) is 0. The van der Waals surface area contributed by atoms with Crippen molar-refractivity contribution < 1.29 is 18.0 Å². The van der Waals surface area contributed by atoms with Gasteiger partial charge in [0.15, 0.2) is 5.78 Å². The number of alkyl halides is 3. The van der Waals surface area contributed by atoms with Crippen molar-refractivity contribution in [3.8, 4) is 0 Å². The lowest BCUT2D eigenvalue weighted by Crippen LogP contribution is -2.06. The van der Waals surface area contributed by atoms with Gasteiger partial charge in [-0.05, 0) is 46.9 Å². The van der Waals surface area contributed by atoms with E-state index in [4.69, 9.17) is 0 Å². The summed E-state index contributed by atoms with van der Waals surface area (Å²) in [6, 6.07) is 23.7. The Morgan fingerprint density at radius 1 is 0.586 bits per heavy atom. The van der Waals surface area contributed by atoms with Crippen LogP contribution in [0.25, 0.3) is 16.7 Å². The Morgan fingerprint density at radius 3 is 1.52 bits per heavy atom. The fourth-order valence-electron chi connectivity index (χ4n) is 3.74. The minimum absolute atomic E-state index is 0.174. The van der Waals surface area contributed by atoms with Gasteiger partial charge in [-0.15, -0.1) is 0 Å². The van der Waals surface area contributed by atoms with E-state index in [9.17, 15) is 18.0 Å². The van der Waals surface area contributed by atoms with E-state index in [1.165, 1.54) is 12.1 Å². The van der Waals surface area contributed by atoms with Crippen LogP contribution < -0.4 is 0 Å². The quantitative estimate of drug-likeness (QED) is 0.488. The van der Waals surface area contributed by atoms with Gasteiger partial charge in [0, 0.05) is 11.1 Å². The second kappa shape index (κ2) is 7.21. The zero-order chi connectivity index (χ0) is 20.6. The Bertz CT molecular complexity index is 1120. The molecule has 3 aromatic carbocycles. The van der Waals surface area contributed by atoms with E-state index in [2.05, 4.69) is 0 Å². The standard InChI is InChI=1S/C25H17F3O/c1-16-21(17-8-4-2-5-9-17)23(18-10-6-3-7-11-18)24(29)22(16)19-12-14-20(15-13-19)25(26,27)28/h2-15H,1H3. The van der Waals surface area contributed by atoms with Gasteiger partial charge in [-0.25, -0.2) is 0 Å².